The molecular weight excluding hydrogens is 312 g/mol. The molecule has 2 aromatic rings. The molecule has 0 aliphatic rings. The number of hydrogen-bond donors (Lipinski definition) is 4. The van der Waals surface area contributed by atoms with Crippen molar-refractivity contribution >= 4 is 12.2 Å². The summed E-state index contributed by atoms with van der Waals surface area (Å²) in [6.45, 7) is 1.15. The first-order valence-corrected chi connectivity index (χ1v) is 7.20. The van der Waals surface area contributed by atoms with Gasteiger partial charge < -0.3 is 20.4 Å². The van der Waals surface area contributed by atoms with E-state index in [9.17, 15) is 25.2 Å². The van der Waals surface area contributed by atoms with Gasteiger partial charge in [0.05, 0.1) is 12.3 Å². The summed E-state index contributed by atoms with van der Waals surface area (Å²) in [5, 5.41) is 39.1. The van der Waals surface area contributed by atoms with Crippen LogP contribution in [0.5, 0.6) is 5.75 Å². The molecule has 0 unspecified atom stereocenters. The molecule has 0 aliphatic carbocycles. The molecule has 0 amide bonds. The van der Waals surface area contributed by atoms with E-state index in [0.717, 1.165) is 6.21 Å². The fourth-order valence-corrected chi connectivity index (χ4v) is 2.15. The van der Waals surface area contributed by atoms with Crippen LogP contribution in [0.25, 0.3) is 0 Å². The van der Waals surface area contributed by atoms with Gasteiger partial charge in [-0.2, -0.15) is 0 Å². The quantitative estimate of drug-likeness (QED) is 0.586. The summed E-state index contributed by atoms with van der Waals surface area (Å²) < 4.78 is 0. The molecule has 0 saturated heterocycles. The summed E-state index contributed by atoms with van der Waals surface area (Å²) in [5.74, 6) is -1.74. The Balaban J connectivity index is 2.39. The molecule has 126 valence electrons. The molecule has 0 aliphatic heterocycles. The van der Waals surface area contributed by atoms with Crippen molar-refractivity contribution in [2.45, 2.75) is 25.7 Å². The van der Waals surface area contributed by atoms with Gasteiger partial charge in [0.15, 0.2) is 0 Å². The molecular formula is C17H18N2O5. The molecule has 7 nitrogen and oxygen atoms in total. The highest BCUT2D eigenvalue weighted by atomic mass is 16.4. The zero-order valence-corrected chi connectivity index (χ0v) is 13.0. The number of aromatic hydroxyl groups is 1. The van der Waals surface area contributed by atoms with E-state index < -0.39 is 18.3 Å². The summed E-state index contributed by atoms with van der Waals surface area (Å²) >= 11 is 0. The van der Waals surface area contributed by atoms with Gasteiger partial charge in [-0.15, -0.1) is 0 Å². The van der Waals surface area contributed by atoms with Crippen molar-refractivity contribution in [3.63, 3.8) is 0 Å². The fraction of sp³-hybridized carbons (Fsp3) is 0.235. The molecule has 1 heterocycles. The smallest absolute Gasteiger partial charge is 0.359 e. The molecule has 4 N–H and O–H groups in total. The number of nitrogens with zero attached hydrogens (tertiary/aromatic N) is 2. The zero-order chi connectivity index (χ0) is 17.7. The minimum atomic E-state index is -2.39. The second-order valence-electron chi connectivity index (χ2n) is 5.33. The summed E-state index contributed by atoms with van der Waals surface area (Å²) in [6.07, 6.45) is 2.17. The van der Waals surface area contributed by atoms with Gasteiger partial charge in [0.25, 0.3) is 5.72 Å². The maximum atomic E-state index is 11.5. The lowest BCUT2D eigenvalue weighted by molar-refractivity contribution is -0.157. The average Bonchev–Trinajstić information content (AvgIpc) is 2.57. The van der Waals surface area contributed by atoms with Crippen molar-refractivity contribution in [1.29, 1.82) is 0 Å². The van der Waals surface area contributed by atoms with Crippen LogP contribution in [0, 0.1) is 6.92 Å². The Labute approximate surface area is 138 Å². The minimum absolute atomic E-state index is 0.123. The highest BCUT2D eigenvalue weighted by Crippen LogP contribution is 2.23. The SMILES string of the molecule is Cc1ncc(CO)c(/C=N/[C@@](O)(Cc2ccccc2)C(=O)O)c1O. The first-order chi connectivity index (χ1) is 11.4. The van der Waals surface area contributed by atoms with E-state index in [1.54, 1.807) is 37.3 Å². The van der Waals surface area contributed by atoms with Crippen LogP contribution >= 0.6 is 0 Å². The van der Waals surface area contributed by atoms with Gasteiger partial charge in [-0.05, 0) is 12.5 Å². The van der Waals surface area contributed by atoms with E-state index in [4.69, 9.17) is 0 Å². The maximum absolute atomic E-state index is 11.5. The first kappa shape index (κ1) is 17.6. The minimum Gasteiger partial charge on any atom is -0.505 e. The van der Waals surface area contributed by atoms with E-state index in [2.05, 4.69) is 9.98 Å². The Kier molecular flexibility index (Phi) is 5.28. The molecule has 24 heavy (non-hydrogen) atoms. The van der Waals surface area contributed by atoms with E-state index in [-0.39, 0.29) is 23.3 Å². The maximum Gasteiger partial charge on any atom is 0.359 e. The number of carbonyl (C=O) groups is 1. The van der Waals surface area contributed by atoms with Crippen LogP contribution < -0.4 is 0 Å². The number of aliphatic hydroxyl groups excluding tert-OH is 1. The van der Waals surface area contributed by atoms with Crippen LogP contribution in [0.3, 0.4) is 0 Å². The number of rotatable bonds is 6. The number of aliphatic hydroxyl groups is 2. The Hall–Kier alpha value is -2.77. The zero-order valence-electron chi connectivity index (χ0n) is 13.0. The standard InChI is InChI=1S/C17H18N2O5/c1-11-15(21)14(13(10-20)8-18-11)9-19-17(24,16(22)23)7-12-5-3-2-4-6-12/h2-6,8-9,20-21,24H,7,10H2,1H3,(H,22,23)/b19-9+/t17-/m1/s1. The van der Waals surface area contributed by atoms with Crippen LogP contribution in [0.15, 0.2) is 41.5 Å². The van der Waals surface area contributed by atoms with Crippen LogP contribution in [0.4, 0.5) is 0 Å². The lowest BCUT2D eigenvalue weighted by Gasteiger charge is -2.19. The van der Waals surface area contributed by atoms with Gasteiger partial charge in [0, 0.05) is 30.0 Å². The number of hydrogen-bond acceptors (Lipinski definition) is 6. The second kappa shape index (κ2) is 7.20. The average molecular weight is 330 g/mol. The molecule has 0 saturated carbocycles. The molecule has 1 aromatic carbocycles. The molecule has 0 spiro atoms. The molecule has 0 bridgehead atoms. The topological polar surface area (TPSA) is 123 Å². The molecule has 0 radical (unpaired) electrons. The van der Waals surface area contributed by atoms with Crippen LogP contribution in [0.1, 0.15) is 22.4 Å². The van der Waals surface area contributed by atoms with Gasteiger partial charge in [-0.1, -0.05) is 30.3 Å². The molecule has 1 aromatic heterocycles. The van der Waals surface area contributed by atoms with E-state index in [1.165, 1.54) is 6.20 Å². The van der Waals surface area contributed by atoms with Gasteiger partial charge >= 0.3 is 5.97 Å². The number of aryl methyl sites for hydroxylation is 1. The van der Waals surface area contributed by atoms with Gasteiger partial charge in [0.1, 0.15) is 5.75 Å². The van der Waals surface area contributed by atoms with Crippen molar-refractivity contribution in [2.24, 2.45) is 4.99 Å². The highest BCUT2D eigenvalue weighted by molar-refractivity contribution is 5.88. The van der Waals surface area contributed by atoms with Gasteiger partial charge in [-0.25, -0.2) is 9.79 Å². The highest BCUT2D eigenvalue weighted by Gasteiger charge is 2.35. The normalized spacial score (nSPS) is 13.8. The number of pyridine rings is 1. The van der Waals surface area contributed by atoms with Crippen LogP contribution in [-0.2, 0) is 17.8 Å². The second-order valence-corrected chi connectivity index (χ2v) is 5.33. The number of benzene rings is 1. The van der Waals surface area contributed by atoms with Crippen LogP contribution in [0.2, 0.25) is 0 Å². The third-order valence-electron chi connectivity index (χ3n) is 3.57. The molecule has 2 rings (SSSR count). The van der Waals surface area contributed by atoms with E-state index >= 15 is 0 Å². The lowest BCUT2D eigenvalue weighted by atomic mass is 10.0. The number of carboxylic acid groups (broad SMARTS) is 1. The third kappa shape index (κ3) is 3.76. The predicted molar refractivity (Wildman–Crippen MR) is 86.9 cm³/mol. The molecule has 1 atom stereocenters. The summed E-state index contributed by atoms with van der Waals surface area (Å²) in [7, 11) is 0. The fourth-order valence-electron chi connectivity index (χ4n) is 2.15. The van der Waals surface area contributed by atoms with Gasteiger partial charge in [-0.3, -0.25) is 4.98 Å². The van der Waals surface area contributed by atoms with Gasteiger partial charge in [0.2, 0.25) is 0 Å². The monoisotopic (exact) mass is 330 g/mol. The molecule has 7 heteroatoms. The first-order valence-electron chi connectivity index (χ1n) is 7.20. The largest absolute Gasteiger partial charge is 0.505 e. The van der Waals surface area contributed by atoms with E-state index in [1.807, 2.05) is 0 Å². The number of aliphatic carboxylic acids is 1. The van der Waals surface area contributed by atoms with Crippen molar-refractivity contribution in [3.05, 3.63) is 58.9 Å². The summed E-state index contributed by atoms with van der Waals surface area (Å²) in [4.78, 5) is 19.1. The Bertz CT molecular complexity index is 761. The predicted octanol–water partition coefficient (Wildman–Crippen LogP) is 1.02. The Morgan fingerprint density at radius 3 is 2.58 bits per heavy atom. The number of aromatic nitrogens is 1. The summed E-state index contributed by atoms with van der Waals surface area (Å²) in [6, 6.07) is 8.58. The Morgan fingerprint density at radius 2 is 2.00 bits per heavy atom. The van der Waals surface area contributed by atoms with Crippen LogP contribution in [-0.4, -0.2) is 43.3 Å². The van der Waals surface area contributed by atoms with Crippen molar-refractivity contribution in [3.8, 4) is 5.75 Å². The van der Waals surface area contributed by atoms with E-state index in [0.29, 0.717) is 11.3 Å². The lowest BCUT2D eigenvalue weighted by Crippen LogP contribution is -2.39. The summed E-state index contributed by atoms with van der Waals surface area (Å²) in [5.41, 5.74) is -1.10. The van der Waals surface area contributed by atoms with Crippen molar-refractivity contribution in [2.75, 3.05) is 0 Å². The third-order valence-corrected chi connectivity index (χ3v) is 3.57. The Morgan fingerprint density at radius 1 is 1.33 bits per heavy atom. The number of aliphatic imine (C=N–C) groups is 1. The van der Waals surface area contributed by atoms with Crippen molar-refractivity contribution in [1.82, 2.24) is 4.98 Å². The van der Waals surface area contributed by atoms with Crippen molar-refractivity contribution < 1.29 is 25.2 Å². The number of carboxylic acids is 1. The molecule has 0 fully saturated rings.